The van der Waals surface area contributed by atoms with Gasteiger partial charge in [0.25, 0.3) is 0 Å². The lowest BCUT2D eigenvalue weighted by Gasteiger charge is -2.34. The Morgan fingerprint density at radius 1 is 1.41 bits per heavy atom. The van der Waals surface area contributed by atoms with E-state index < -0.39 is 18.4 Å². The first-order valence-electron chi connectivity index (χ1n) is 5.96. The van der Waals surface area contributed by atoms with Crippen LogP contribution < -0.4 is 0 Å². The van der Waals surface area contributed by atoms with Gasteiger partial charge >= 0.3 is 11.9 Å². The van der Waals surface area contributed by atoms with E-state index >= 15 is 0 Å². The van der Waals surface area contributed by atoms with Crippen LogP contribution in [0, 0.1) is 11.8 Å². The summed E-state index contributed by atoms with van der Waals surface area (Å²) in [4.78, 5) is 21.8. The Balaban J connectivity index is 2.60. The smallest absolute Gasteiger partial charge is 0.317 e. The monoisotopic (exact) mass is 240 g/mol. The molecule has 4 nitrogen and oxygen atoms in total. The molecule has 1 saturated carbocycles. The molecule has 3 unspecified atom stereocenters. The van der Waals surface area contributed by atoms with Crippen molar-refractivity contribution in [2.75, 3.05) is 0 Å². The highest BCUT2D eigenvalue weighted by molar-refractivity contribution is 5.90. The van der Waals surface area contributed by atoms with Crippen LogP contribution in [0.15, 0.2) is 12.2 Å². The Labute approximate surface area is 102 Å². The van der Waals surface area contributed by atoms with Crippen molar-refractivity contribution < 1.29 is 19.4 Å². The molecular weight excluding hydrogens is 220 g/mol. The van der Waals surface area contributed by atoms with Gasteiger partial charge in [-0.05, 0) is 32.1 Å². The highest BCUT2D eigenvalue weighted by atomic mass is 16.5. The normalized spacial score (nSPS) is 28.5. The SMILES string of the molecule is C=C(C)C1CCC(C)CC1OC(=O)CC(=O)O. The van der Waals surface area contributed by atoms with Gasteiger partial charge in [-0.2, -0.15) is 0 Å². The van der Waals surface area contributed by atoms with Crippen molar-refractivity contribution in [1.29, 1.82) is 0 Å². The van der Waals surface area contributed by atoms with Crippen LogP contribution in [0.2, 0.25) is 0 Å². The Bertz CT molecular complexity index is 321. The van der Waals surface area contributed by atoms with E-state index in [1.165, 1.54) is 0 Å². The molecule has 17 heavy (non-hydrogen) atoms. The Kier molecular flexibility index (Phi) is 4.73. The van der Waals surface area contributed by atoms with Gasteiger partial charge in [0, 0.05) is 5.92 Å². The lowest BCUT2D eigenvalue weighted by atomic mass is 9.77. The zero-order valence-electron chi connectivity index (χ0n) is 10.4. The van der Waals surface area contributed by atoms with Gasteiger partial charge in [-0.25, -0.2) is 0 Å². The van der Waals surface area contributed by atoms with Gasteiger partial charge in [0.1, 0.15) is 12.5 Å². The number of carboxylic acids is 1. The average molecular weight is 240 g/mol. The number of esters is 1. The molecule has 0 heterocycles. The molecule has 1 rings (SSSR count). The summed E-state index contributed by atoms with van der Waals surface area (Å²) in [5.74, 6) is -1.12. The van der Waals surface area contributed by atoms with Gasteiger partial charge in [-0.3, -0.25) is 9.59 Å². The van der Waals surface area contributed by atoms with Crippen molar-refractivity contribution in [3.8, 4) is 0 Å². The minimum atomic E-state index is -1.15. The van der Waals surface area contributed by atoms with Crippen LogP contribution in [0.25, 0.3) is 0 Å². The van der Waals surface area contributed by atoms with Gasteiger partial charge in [-0.15, -0.1) is 0 Å². The number of ether oxygens (including phenoxy) is 1. The molecule has 0 aromatic heterocycles. The number of rotatable bonds is 4. The predicted octanol–water partition coefficient (Wildman–Crippen LogP) is 2.39. The number of aliphatic carboxylic acids is 1. The minimum Gasteiger partial charge on any atom is -0.481 e. The fourth-order valence-electron chi connectivity index (χ4n) is 2.36. The first-order chi connectivity index (χ1) is 7.90. The number of hydrogen-bond donors (Lipinski definition) is 1. The quantitative estimate of drug-likeness (QED) is 0.465. The molecule has 1 aliphatic carbocycles. The van der Waals surface area contributed by atoms with Crippen LogP contribution in [-0.4, -0.2) is 23.1 Å². The van der Waals surface area contributed by atoms with Crippen LogP contribution in [0.3, 0.4) is 0 Å². The molecule has 4 heteroatoms. The van der Waals surface area contributed by atoms with E-state index in [1.54, 1.807) is 0 Å². The molecule has 0 aromatic carbocycles. The topological polar surface area (TPSA) is 63.6 Å². The maximum atomic E-state index is 11.4. The Morgan fingerprint density at radius 3 is 2.59 bits per heavy atom. The van der Waals surface area contributed by atoms with Crippen LogP contribution in [0.4, 0.5) is 0 Å². The Hall–Kier alpha value is -1.32. The van der Waals surface area contributed by atoms with E-state index in [2.05, 4.69) is 13.5 Å². The summed E-state index contributed by atoms with van der Waals surface area (Å²) in [6, 6.07) is 0. The average Bonchev–Trinajstić information content (AvgIpc) is 2.15. The van der Waals surface area contributed by atoms with Crippen molar-refractivity contribution in [3.63, 3.8) is 0 Å². The molecule has 0 amide bonds. The largest absolute Gasteiger partial charge is 0.481 e. The van der Waals surface area contributed by atoms with E-state index in [4.69, 9.17) is 9.84 Å². The summed E-state index contributed by atoms with van der Waals surface area (Å²) in [7, 11) is 0. The van der Waals surface area contributed by atoms with E-state index in [0.29, 0.717) is 5.92 Å². The summed E-state index contributed by atoms with van der Waals surface area (Å²) >= 11 is 0. The highest BCUT2D eigenvalue weighted by Crippen LogP contribution is 2.34. The second kappa shape index (κ2) is 5.84. The fraction of sp³-hybridized carbons (Fsp3) is 0.692. The summed E-state index contributed by atoms with van der Waals surface area (Å²) in [6.45, 7) is 7.96. The molecule has 1 fully saturated rings. The van der Waals surface area contributed by atoms with E-state index in [1.807, 2.05) is 6.92 Å². The molecule has 3 atom stereocenters. The second-order valence-electron chi connectivity index (χ2n) is 4.97. The lowest BCUT2D eigenvalue weighted by molar-refractivity contribution is -0.158. The predicted molar refractivity (Wildman–Crippen MR) is 63.5 cm³/mol. The van der Waals surface area contributed by atoms with Crippen molar-refractivity contribution in [2.45, 2.75) is 45.6 Å². The number of carbonyl (C=O) groups excluding carboxylic acids is 1. The third-order valence-electron chi connectivity index (χ3n) is 3.27. The molecule has 0 bridgehead atoms. The maximum absolute atomic E-state index is 11.4. The molecule has 0 aliphatic heterocycles. The first kappa shape index (κ1) is 13.7. The highest BCUT2D eigenvalue weighted by Gasteiger charge is 2.32. The molecule has 0 saturated heterocycles. The molecule has 1 N–H and O–H groups in total. The van der Waals surface area contributed by atoms with Gasteiger partial charge in [0.05, 0.1) is 0 Å². The molecule has 1 aliphatic rings. The third-order valence-corrected chi connectivity index (χ3v) is 3.27. The van der Waals surface area contributed by atoms with Gasteiger partial charge in [0.15, 0.2) is 0 Å². The van der Waals surface area contributed by atoms with Crippen LogP contribution in [-0.2, 0) is 14.3 Å². The summed E-state index contributed by atoms with van der Waals surface area (Å²) < 4.78 is 5.27. The third kappa shape index (κ3) is 4.21. The second-order valence-corrected chi connectivity index (χ2v) is 4.97. The van der Waals surface area contributed by atoms with Crippen molar-refractivity contribution in [1.82, 2.24) is 0 Å². The maximum Gasteiger partial charge on any atom is 0.317 e. The zero-order chi connectivity index (χ0) is 13.0. The van der Waals surface area contributed by atoms with Gasteiger partial charge in [-0.1, -0.05) is 19.1 Å². The van der Waals surface area contributed by atoms with Gasteiger partial charge in [0.2, 0.25) is 0 Å². The first-order valence-corrected chi connectivity index (χ1v) is 5.96. The van der Waals surface area contributed by atoms with E-state index in [0.717, 1.165) is 24.8 Å². The minimum absolute atomic E-state index is 0.170. The lowest BCUT2D eigenvalue weighted by Crippen LogP contribution is -2.34. The van der Waals surface area contributed by atoms with Crippen molar-refractivity contribution >= 4 is 11.9 Å². The zero-order valence-corrected chi connectivity index (χ0v) is 10.4. The summed E-state index contributed by atoms with van der Waals surface area (Å²) in [6.07, 6.45) is 2.09. The molecule has 0 aromatic rings. The fourth-order valence-corrected chi connectivity index (χ4v) is 2.36. The van der Waals surface area contributed by atoms with Gasteiger partial charge < -0.3 is 9.84 Å². The molecular formula is C13H20O4. The standard InChI is InChI=1S/C13H20O4/c1-8(2)10-5-4-9(3)6-11(10)17-13(16)7-12(14)15/h9-11H,1,4-7H2,2-3H3,(H,14,15). The summed E-state index contributed by atoms with van der Waals surface area (Å²) in [5.41, 5.74) is 1.00. The van der Waals surface area contributed by atoms with Crippen molar-refractivity contribution in [2.24, 2.45) is 11.8 Å². The van der Waals surface area contributed by atoms with E-state index in [-0.39, 0.29) is 12.0 Å². The Morgan fingerprint density at radius 2 is 2.06 bits per heavy atom. The summed E-state index contributed by atoms with van der Waals surface area (Å²) in [5, 5.41) is 8.52. The molecule has 0 radical (unpaired) electrons. The van der Waals surface area contributed by atoms with Crippen LogP contribution >= 0.6 is 0 Å². The number of carbonyl (C=O) groups is 2. The van der Waals surface area contributed by atoms with Crippen molar-refractivity contribution in [3.05, 3.63) is 12.2 Å². The number of carboxylic acid groups (broad SMARTS) is 1. The van der Waals surface area contributed by atoms with Crippen LogP contribution in [0.1, 0.15) is 39.5 Å². The number of hydrogen-bond acceptors (Lipinski definition) is 3. The molecule has 0 spiro atoms. The van der Waals surface area contributed by atoms with Crippen LogP contribution in [0.5, 0.6) is 0 Å². The molecule has 96 valence electrons. The van der Waals surface area contributed by atoms with E-state index in [9.17, 15) is 9.59 Å².